The SMILES string of the molecule is Cc1cc(C)cc(-n2c(-c3ccco3)cn3c4c(=O)n(C)c(=O)n(C)c4nc23)c1. The molecule has 1 aromatic carbocycles. The van der Waals surface area contributed by atoms with Crippen molar-refractivity contribution in [2.75, 3.05) is 0 Å². The molecule has 8 heteroatoms. The van der Waals surface area contributed by atoms with Gasteiger partial charge in [-0.25, -0.2) is 4.79 Å². The summed E-state index contributed by atoms with van der Waals surface area (Å²) in [4.78, 5) is 29.9. The highest BCUT2D eigenvalue weighted by Crippen LogP contribution is 2.29. The Kier molecular flexibility index (Phi) is 3.48. The molecule has 146 valence electrons. The minimum absolute atomic E-state index is 0.345. The molecule has 5 aromatic rings. The fourth-order valence-corrected chi connectivity index (χ4v) is 3.90. The maximum absolute atomic E-state index is 12.9. The van der Waals surface area contributed by atoms with Crippen molar-refractivity contribution in [3.05, 3.63) is 74.8 Å². The fourth-order valence-electron chi connectivity index (χ4n) is 3.90. The number of imidazole rings is 2. The molecule has 0 spiro atoms. The number of rotatable bonds is 2. The van der Waals surface area contributed by atoms with Crippen molar-refractivity contribution in [1.82, 2.24) is 23.1 Å². The van der Waals surface area contributed by atoms with Crippen LogP contribution >= 0.6 is 0 Å². The highest BCUT2D eigenvalue weighted by atomic mass is 16.3. The van der Waals surface area contributed by atoms with Crippen LogP contribution in [0.15, 0.2) is 56.8 Å². The molecule has 0 unspecified atom stereocenters. The van der Waals surface area contributed by atoms with Crippen LogP contribution in [0.3, 0.4) is 0 Å². The van der Waals surface area contributed by atoms with Crippen LogP contribution in [0.4, 0.5) is 0 Å². The molecule has 0 aliphatic rings. The second kappa shape index (κ2) is 5.84. The Morgan fingerprint density at radius 3 is 2.38 bits per heavy atom. The van der Waals surface area contributed by atoms with Gasteiger partial charge in [-0.05, 0) is 49.2 Å². The Balaban J connectivity index is 2.00. The number of aryl methyl sites for hydroxylation is 3. The van der Waals surface area contributed by atoms with E-state index in [0.717, 1.165) is 27.1 Å². The van der Waals surface area contributed by atoms with E-state index < -0.39 is 5.69 Å². The molecule has 0 atom stereocenters. The van der Waals surface area contributed by atoms with E-state index in [2.05, 4.69) is 23.2 Å². The summed E-state index contributed by atoms with van der Waals surface area (Å²) in [5, 5.41) is 0. The first-order valence-corrected chi connectivity index (χ1v) is 9.19. The summed E-state index contributed by atoms with van der Waals surface area (Å²) in [5.41, 5.74) is 3.78. The lowest BCUT2D eigenvalue weighted by Gasteiger charge is -2.09. The topological polar surface area (TPSA) is 79.4 Å². The third-order valence-electron chi connectivity index (χ3n) is 5.20. The summed E-state index contributed by atoms with van der Waals surface area (Å²) in [6.45, 7) is 4.07. The zero-order valence-electron chi connectivity index (χ0n) is 16.5. The van der Waals surface area contributed by atoms with E-state index in [0.29, 0.717) is 22.7 Å². The fraction of sp³-hybridized carbons (Fsp3) is 0.190. The molecule has 0 N–H and O–H groups in total. The number of benzene rings is 1. The van der Waals surface area contributed by atoms with Gasteiger partial charge in [-0.1, -0.05) is 6.07 Å². The first-order valence-electron chi connectivity index (χ1n) is 9.19. The van der Waals surface area contributed by atoms with Crippen LogP contribution in [0.1, 0.15) is 11.1 Å². The molecule has 5 rings (SSSR count). The zero-order chi connectivity index (χ0) is 20.4. The van der Waals surface area contributed by atoms with Crippen molar-refractivity contribution in [2.24, 2.45) is 14.1 Å². The van der Waals surface area contributed by atoms with Gasteiger partial charge in [0, 0.05) is 26.0 Å². The highest BCUT2D eigenvalue weighted by Gasteiger charge is 2.22. The average Bonchev–Trinajstić information content (AvgIpc) is 3.38. The van der Waals surface area contributed by atoms with Crippen LogP contribution in [0.5, 0.6) is 0 Å². The van der Waals surface area contributed by atoms with Crippen molar-refractivity contribution in [2.45, 2.75) is 13.8 Å². The van der Waals surface area contributed by atoms with Crippen molar-refractivity contribution >= 4 is 16.9 Å². The second-order valence-electron chi connectivity index (χ2n) is 7.33. The number of hydrogen-bond acceptors (Lipinski definition) is 4. The van der Waals surface area contributed by atoms with Crippen molar-refractivity contribution in [1.29, 1.82) is 0 Å². The van der Waals surface area contributed by atoms with Crippen LogP contribution < -0.4 is 11.2 Å². The summed E-state index contributed by atoms with van der Waals surface area (Å²) in [6, 6.07) is 9.88. The number of fused-ring (bicyclic) bond motifs is 3. The minimum Gasteiger partial charge on any atom is -0.463 e. The van der Waals surface area contributed by atoms with E-state index in [1.54, 1.807) is 17.7 Å². The Labute approximate surface area is 164 Å². The summed E-state index contributed by atoms with van der Waals surface area (Å²) < 4.78 is 11.8. The van der Waals surface area contributed by atoms with Gasteiger partial charge in [-0.15, -0.1) is 0 Å². The zero-order valence-corrected chi connectivity index (χ0v) is 16.5. The highest BCUT2D eigenvalue weighted by molar-refractivity contribution is 5.78. The lowest BCUT2D eigenvalue weighted by molar-refractivity contribution is 0.579. The van der Waals surface area contributed by atoms with Crippen LogP contribution in [0.2, 0.25) is 0 Å². The summed E-state index contributed by atoms with van der Waals surface area (Å²) in [7, 11) is 3.09. The molecule has 0 aliphatic heterocycles. The van der Waals surface area contributed by atoms with Gasteiger partial charge >= 0.3 is 5.69 Å². The minimum atomic E-state index is -0.410. The lowest BCUT2D eigenvalue weighted by atomic mass is 10.1. The van der Waals surface area contributed by atoms with Gasteiger partial charge < -0.3 is 4.42 Å². The van der Waals surface area contributed by atoms with Gasteiger partial charge in [0.15, 0.2) is 16.9 Å². The number of aromatic nitrogens is 5. The molecule has 8 nitrogen and oxygen atoms in total. The Hall–Kier alpha value is -3.81. The largest absolute Gasteiger partial charge is 0.463 e. The smallest absolute Gasteiger partial charge is 0.332 e. The van der Waals surface area contributed by atoms with Gasteiger partial charge in [0.2, 0.25) is 5.78 Å². The van der Waals surface area contributed by atoms with E-state index in [4.69, 9.17) is 4.42 Å². The summed E-state index contributed by atoms with van der Waals surface area (Å²) in [6.07, 6.45) is 3.44. The van der Waals surface area contributed by atoms with Gasteiger partial charge in [-0.2, -0.15) is 4.98 Å². The first kappa shape index (κ1) is 17.3. The lowest BCUT2D eigenvalue weighted by Crippen LogP contribution is -2.37. The van der Waals surface area contributed by atoms with Crippen LogP contribution in [-0.4, -0.2) is 23.1 Å². The first-order chi connectivity index (χ1) is 13.9. The quantitative estimate of drug-likeness (QED) is 0.465. The summed E-state index contributed by atoms with van der Waals surface area (Å²) >= 11 is 0. The molecule has 0 amide bonds. The van der Waals surface area contributed by atoms with Crippen molar-refractivity contribution < 1.29 is 4.42 Å². The normalized spacial score (nSPS) is 11.7. The van der Waals surface area contributed by atoms with Crippen molar-refractivity contribution in [3.8, 4) is 17.1 Å². The number of furan rings is 1. The van der Waals surface area contributed by atoms with E-state index >= 15 is 0 Å². The Morgan fingerprint density at radius 1 is 1.00 bits per heavy atom. The van der Waals surface area contributed by atoms with Gasteiger partial charge in [0.25, 0.3) is 5.56 Å². The average molecular weight is 389 g/mol. The van der Waals surface area contributed by atoms with Crippen molar-refractivity contribution in [3.63, 3.8) is 0 Å². The number of hydrogen-bond donors (Lipinski definition) is 0. The Bertz CT molecular complexity index is 1510. The van der Waals surface area contributed by atoms with Gasteiger partial charge in [0.1, 0.15) is 5.69 Å². The monoisotopic (exact) mass is 389 g/mol. The van der Waals surface area contributed by atoms with E-state index in [1.807, 2.05) is 36.7 Å². The number of nitrogens with zero attached hydrogens (tertiary/aromatic N) is 5. The van der Waals surface area contributed by atoms with Crippen LogP contribution in [0.25, 0.3) is 34.1 Å². The molecular weight excluding hydrogens is 370 g/mol. The predicted molar refractivity (Wildman–Crippen MR) is 110 cm³/mol. The second-order valence-corrected chi connectivity index (χ2v) is 7.33. The van der Waals surface area contributed by atoms with Gasteiger partial charge in [-0.3, -0.25) is 22.9 Å². The maximum atomic E-state index is 12.9. The standard InChI is InChI=1S/C21H19N5O3/c1-12-8-13(2)10-14(9-12)26-15(16-6-5-7-29-16)11-25-17-18(22-20(25)26)23(3)21(28)24(4)19(17)27/h5-11H,1-4H3. The van der Waals surface area contributed by atoms with Gasteiger partial charge in [0.05, 0.1) is 6.26 Å². The summed E-state index contributed by atoms with van der Waals surface area (Å²) in [5.74, 6) is 1.19. The molecule has 0 saturated carbocycles. The molecule has 4 aromatic heterocycles. The Morgan fingerprint density at radius 2 is 1.72 bits per heavy atom. The molecular formula is C21H19N5O3. The maximum Gasteiger partial charge on any atom is 0.332 e. The van der Waals surface area contributed by atoms with E-state index in [-0.39, 0.29) is 5.56 Å². The van der Waals surface area contributed by atoms with Crippen LogP contribution in [0, 0.1) is 13.8 Å². The van der Waals surface area contributed by atoms with E-state index in [9.17, 15) is 9.59 Å². The molecule has 0 bridgehead atoms. The third kappa shape index (κ3) is 2.35. The van der Waals surface area contributed by atoms with Crippen LogP contribution in [-0.2, 0) is 14.1 Å². The molecule has 0 radical (unpaired) electrons. The third-order valence-corrected chi connectivity index (χ3v) is 5.20. The molecule has 0 aliphatic carbocycles. The molecule has 0 fully saturated rings. The molecule has 29 heavy (non-hydrogen) atoms. The molecule has 0 saturated heterocycles. The predicted octanol–water partition coefficient (Wildman–Crippen LogP) is 2.55. The van der Waals surface area contributed by atoms with E-state index in [1.165, 1.54) is 11.6 Å². The molecule has 4 heterocycles.